The second-order valence-corrected chi connectivity index (χ2v) is 5.64. The average molecular weight is 360 g/mol. The van der Waals surface area contributed by atoms with Crippen LogP contribution in [0.25, 0.3) is 0 Å². The van der Waals surface area contributed by atoms with Crippen molar-refractivity contribution >= 4 is 34.8 Å². The van der Waals surface area contributed by atoms with E-state index in [0.29, 0.717) is 0 Å². The van der Waals surface area contributed by atoms with Crippen molar-refractivity contribution in [2.45, 2.75) is 32.5 Å². The van der Waals surface area contributed by atoms with Gasteiger partial charge in [0.2, 0.25) is 6.10 Å². The van der Waals surface area contributed by atoms with Crippen LogP contribution in [0.5, 0.6) is 0 Å². The van der Waals surface area contributed by atoms with E-state index in [9.17, 15) is 32.3 Å². The lowest BCUT2D eigenvalue weighted by atomic mass is 10.2. The lowest BCUT2D eigenvalue weighted by Gasteiger charge is -2.16. The molecular formula is C12H15F3O7S. The summed E-state index contributed by atoms with van der Waals surface area (Å²) in [5, 5.41) is 8.58. The molecule has 0 saturated heterocycles. The number of alkyl halides is 3. The van der Waals surface area contributed by atoms with Gasteiger partial charge in [0.15, 0.2) is 11.7 Å². The molecule has 0 aromatic heterocycles. The van der Waals surface area contributed by atoms with Gasteiger partial charge in [-0.2, -0.15) is 13.2 Å². The summed E-state index contributed by atoms with van der Waals surface area (Å²) in [6.07, 6.45) is -7.76. The Kier molecular flexibility index (Phi) is 8.65. The van der Waals surface area contributed by atoms with Crippen molar-refractivity contribution in [2.75, 3.05) is 12.4 Å². The molecule has 0 unspecified atom stereocenters. The number of rotatable bonds is 8. The lowest BCUT2D eigenvalue weighted by molar-refractivity contribution is -0.189. The highest BCUT2D eigenvalue weighted by Crippen LogP contribution is 2.16. The molecular weight excluding hydrogens is 345 g/mol. The molecule has 132 valence electrons. The van der Waals surface area contributed by atoms with Crippen molar-refractivity contribution < 1.29 is 46.9 Å². The van der Waals surface area contributed by atoms with Gasteiger partial charge in [-0.1, -0.05) is 18.7 Å². The van der Waals surface area contributed by atoms with Gasteiger partial charge in [-0.25, -0.2) is 4.79 Å². The smallest absolute Gasteiger partial charge is 0.422 e. The summed E-state index contributed by atoms with van der Waals surface area (Å²) in [4.78, 5) is 44.4. The standard InChI is InChI=1S/C12H15F3O7S/c1-6(4-23-7(2)16)11(20)22-8(10(18)19)3-9(17)21-5-12(13,14)15/h6,8H,3-5H2,1-2H3,(H,18,19)/t6-,8+/m1/s1. The van der Waals surface area contributed by atoms with E-state index in [0.717, 1.165) is 11.8 Å². The number of ether oxygens (including phenoxy) is 2. The Morgan fingerprint density at radius 3 is 2.22 bits per heavy atom. The Hall–Kier alpha value is -1.78. The topological polar surface area (TPSA) is 107 Å². The van der Waals surface area contributed by atoms with Gasteiger partial charge >= 0.3 is 24.1 Å². The predicted molar refractivity (Wildman–Crippen MR) is 71.4 cm³/mol. The van der Waals surface area contributed by atoms with Gasteiger partial charge in [0.05, 0.1) is 12.3 Å². The second kappa shape index (κ2) is 9.38. The number of hydrogen-bond donors (Lipinski definition) is 1. The van der Waals surface area contributed by atoms with Gasteiger partial charge in [-0.15, -0.1) is 0 Å². The molecule has 0 fully saturated rings. The Bertz CT molecular complexity index is 464. The molecule has 23 heavy (non-hydrogen) atoms. The van der Waals surface area contributed by atoms with E-state index < -0.39 is 49.1 Å². The van der Waals surface area contributed by atoms with Crippen molar-refractivity contribution in [3.05, 3.63) is 0 Å². The molecule has 0 spiro atoms. The molecule has 2 atom stereocenters. The third-order valence-corrected chi connectivity index (χ3v) is 3.29. The van der Waals surface area contributed by atoms with E-state index >= 15 is 0 Å². The van der Waals surface area contributed by atoms with Crippen molar-refractivity contribution in [2.24, 2.45) is 5.92 Å². The number of halogens is 3. The van der Waals surface area contributed by atoms with Crippen LogP contribution in [0.1, 0.15) is 20.3 Å². The Balaban J connectivity index is 4.51. The molecule has 0 aliphatic rings. The maximum atomic E-state index is 11.9. The maximum absolute atomic E-state index is 11.9. The fourth-order valence-electron chi connectivity index (χ4n) is 1.12. The highest BCUT2D eigenvalue weighted by molar-refractivity contribution is 8.13. The first-order valence-corrected chi connectivity index (χ1v) is 7.20. The van der Waals surface area contributed by atoms with E-state index in [2.05, 4.69) is 9.47 Å². The maximum Gasteiger partial charge on any atom is 0.422 e. The van der Waals surface area contributed by atoms with Crippen molar-refractivity contribution in [3.63, 3.8) is 0 Å². The van der Waals surface area contributed by atoms with E-state index in [1.54, 1.807) is 0 Å². The van der Waals surface area contributed by atoms with Gasteiger partial charge in [0.1, 0.15) is 0 Å². The SMILES string of the molecule is CC(=O)SC[C@@H](C)C(=O)O[C@@H](CC(=O)OCC(F)(F)F)C(=O)O. The third kappa shape index (κ3) is 10.6. The lowest BCUT2D eigenvalue weighted by Crippen LogP contribution is -2.33. The molecule has 7 nitrogen and oxygen atoms in total. The van der Waals surface area contributed by atoms with E-state index in [1.165, 1.54) is 13.8 Å². The Morgan fingerprint density at radius 2 is 1.78 bits per heavy atom. The van der Waals surface area contributed by atoms with Crippen molar-refractivity contribution in [1.82, 2.24) is 0 Å². The van der Waals surface area contributed by atoms with Crippen LogP contribution < -0.4 is 0 Å². The van der Waals surface area contributed by atoms with Crippen molar-refractivity contribution in [3.8, 4) is 0 Å². The number of aliphatic carboxylic acids is 1. The number of thioether (sulfide) groups is 1. The van der Waals surface area contributed by atoms with Crippen LogP contribution in [0.3, 0.4) is 0 Å². The number of carboxylic acid groups (broad SMARTS) is 1. The monoisotopic (exact) mass is 360 g/mol. The average Bonchev–Trinajstić information content (AvgIpc) is 2.40. The predicted octanol–water partition coefficient (Wildman–Crippen LogP) is 1.39. The number of carbonyl (C=O) groups is 4. The van der Waals surface area contributed by atoms with Gasteiger partial charge in [0.25, 0.3) is 0 Å². The van der Waals surface area contributed by atoms with Gasteiger partial charge in [-0.05, 0) is 0 Å². The summed E-state index contributed by atoms with van der Waals surface area (Å²) >= 11 is 0.824. The zero-order valence-corrected chi connectivity index (χ0v) is 13.0. The molecule has 0 aromatic rings. The fourth-order valence-corrected chi connectivity index (χ4v) is 1.74. The molecule has 11 heteroatoms. The molecule has 0 amide bonds. The van der Waals surface area contributed by atoms with Crippen LogP contribution in [-0.2, 0) is 28.7 Å². The molecule has 1 N–H and O–H groups in total. The normalized spacial score (nSPS) is 13.8. The molecule has 0 bridgehead atoms. The summed E-state index contributed by atoms with van der Waals surface area (Å²) in [5.41, 5.74) is 0. The summed E-state index contributed by atoms with van der Waals surface area (Å²) < 4.78 is 44.0. The summed E-state index contributed by atoms with van der Waals surface area (Å²) in [7, 11) is 0. The minimum Gasteiger partial charge on any atom is -0.478 e. The van der Waals surface area contributed by atoms with Crippen LogP contribution in [0.4, 0.5) is 13.2 Å². The van der Waals surface area contributed by atoms with Crippen LogP contribution in [-0.4, -0.2) is 52.8 Å². The highest BCUT2D eigenvalue weighted by atomic mass is 32.2. The number of carboxylic acids is 1. The molecule has 0 heterocycles. The zero-order valence-electron chi connectivity index (χ0n) is 12.2. The largest absolute Gasteiger partial charge is 0.478 e. The highest BCUT2D eigenvalue weighted by Gasteiger charge is 2.32. The molecule has 0 aromatic carbocycles. The molecule has 0 radical (unpaired) electrons. The minimum atomic E-state index is -4.75. The number of esters is 2. The van der Waals surface area contributed by atoms with E-state index in [1.807, 2.05) is 0 Å². The summed E-state index contributed by atoms with van der Waals surface area (Å²) in [5.74, 6) is -4.95. The van der Waals surface area contributed by atoms with E-state index in [4.69, 9.17) is 5.11 Å². The first kappa shape index (κ1) is 21.2. The molecule has 0 aliphatic heterocycles. The number of hydrogen-bond acceptors (Lipinski definition) is 7. The first-order valence-electron chi connectivity index (χ1n) is 6.21. The molecule has 0 aliphatic carbocycles. The van der Waals surface area contributed by atoms with E-state index in [-0.39, 0.29) is 10.9 Å². The van der Waals surface area contributed by atoms with Crippen LogP contribution in [0.2, 0.25) is 0 Å². The van der Waals surface area contributed by atoms with Gasteiger partial charge < -0.3 is 14.6 Å². The molecule has 0 rings (SSSR count). The quantitative estimate of drug-likeness (QED) is 0.647. The fraction of sp³-hybridized carbons (Fsp3) is 0.667. The van der Waals surface area contributed by atoms with Gasteiger partial charge in [-0.3, -0.25) is 14.4 Å². The minimum absolute atomic E-state index is 0.0407. The Morgan fingerprint density at radius 1 is 1.22 bits per heavy atom. The van der Waals surface area contributed by atoms with Crippen molar-refractivity contribution in [1.29, 1.82) is 0 Å². The zero-order chi connectivity index (χ0) is 18.2. The third-order valence-electron chi connectivity index (χ3n) is 2.22. The van der Waals surface area contributed by atoms with Crippen LogP contribution >= 0.6 is 11.8 Å². The van der Waals surface area contributed by atoms with Crippen LogP contribution in [0.15, 0.2) is 0 Å². The van der Waals surface area contributed by atoms with Gasteiger partial charge in [0, 0.05) is 12.7 Å². The summed E-state index contributed by atoms with van der Waals surface area (Å²) in [6.45, 7) is 0.788. The summed E-state index contributed by atoms with van der Waals surface area (Å²) in [6, 6.07) is 0. The first-order chi connectivity index (χ1) is 10.4. The second-order valence-electron chi connectivity index (χ2n) is 4.45. The van der Waals surface area contributed by atoms with Crippen LogP contribution in [0, 0.1) is 5.92 Å². The molecule has 0 saturated carbocycles. The Labute approximate surface area is 133 Å². The number of carbonyl (C=O) groups excluding carboxylic acids is 3.